The van der Waals surface area contributed by atoms with Gasteiger partial charge in [-0.1, -0.05) is 24.6 Å². The van der Waals surface area contributed by atoms with Gasteiger partial charge in [0.1, 0.15) is 17.7 Å². The van der Waals surface area contributed by atoms with E-state index in [0.717, 1.165) is 55.4 Å². The molecule has 0 aliphatic carbocycles. The fourth-order valence-electron chi connectivity index (χ4n) is 7.31. The van der Waals surface area contributed by atoms with Crippen molar-refractivity contribution in [1.29, 1.82) is 0 Å². The molecule has 47 heavy (non-hydrogen) atoms. The minimum Gasteiger partial charge on any atom is -0.342 e. The van der Waals surface area contributed by atoms with E-state index in [9.17, 15) is 28.0 Å². The molecule has 3 saturated heterocycles. The predicted octanol–water partition coefficient (Wildman–Crippen LogP) is 4.36. The number of likely N-dealkylation sites (tertiary alicyclic amines) is 3. The topological polar surface area (TPSA) is 117 Å². The lowest BCUT2D eigenvalue weighted by Gasteiger charge is -2.41. The molecule has 4 aliphatic rings. The zero-order chi connectivity index (χ0) is 32.9. The van der Waals surface area contributed by atoms with Crippen LogP contribution in [-0.2, 0) is 16.1 Å². The van der Waals surface area contributed by atoms with Gasteiger partial charge in [-0.2, -0.15) is 0 Å². The van der Waals surface area contributed by atoms with Crippen molar-refractivity contribution >= 4 is 35.3 Å². The van der Waals surface area contributed by atoms with Gasteiger partial charge in [-0.25, -0.2) is 18.4 Å². The summed E-state index contributed by atoms with van der Waals surface area (Å²) < 4.78 is 28.0. The van der Waals surface area contributed by atoms with E-state index in [4.69, 9.17) is 0 Å². The third-order valence-electron chi connectivity index (χ3n) is 9.96. The van der Waals surface area contributed by atoms with Gasteiger partial charge >= 0.3 is 12.1 Å². The van der Waals surface area contributed by atoms with Crippen LogP contribution in [-0.4, -0.2) is 101 Å². The Hall–Kier alpha value is -4.26. The molecule has 11 nitrogen and oxygen atoms in total. The molecule has 252 valence electrons. The second kappa shape index (κ2) is 14.7. The molecule has 1 atom stereocenters. The summed E-state index contributed by atoms with van der Waals surface area (Å²) in [5.41, 5.74) is 1.48. The molecule has 2 aromatic rings. The van der Waals surface area contributed by atoms with Crippen molar-refractivity contribution < 1.29 is 28.0 Å². The Balaban J connectivity index is 1.08. The first-order valence-corrected chi connectivity index (χ1v) is 16.7. The molecule has 0 unspecified atom stereocenters. The smallest absolute Gasteiger partial charge is 0.322 e. The fraction of sp³-hybridized carbons (Fsp3) is 0.529. The van der Waals surface area contributed by atoms with Crippen molar-refractivity contribution in [3.05, 3.63) is 59.7 Å². The van der Waals surface area contributed by atoms with Gasteiger partial charge in [-0.15, -0.1) is 0 Å². The maximum absolute atomic E-state index is 14.2. The number of hydrogen-bond acceptors (Lipinski definition) is 5. The van der Waals surface area contributed by atoms with Crippen LogP contribution in [0.5, 0.6) is 0 Å². The maximum atomic E-state index is 14.2. The molecule has 0 bridgehead atoms. The van der Waals surface area contributed by atoms with Crippen molar-refractivity contribution in [2.45, 2.75) is 76.0 Å². The van der Waals surface area contributed by atoms with E-state index < -0.39 is 23.7 Å². The van der Waals surface area contributed by atoms with E-state index in [0.29, 0.717) is 51.6 Å². The molecular formula is C34H43F2N7O4. The summed E-state index contributed by atoms with van der Waals surface area (Å²) in [5.74, 6) is -2.22. The van der Waals surface area contributed by atoms with Crippen molar-refractivity contribution in [3.8, 4) is 0 Å². The van der Waals surface area contributed by atoms with E-state index in [2.05, 4.69) is 20.9 Å². The first-order valence-electron chi connectivity index (χ1n) is 16.7. The van der Waals surface area contributed by atoms with Gasteiger partial charge in [0.15, 0.2) is 0 Å². The minimum absolute atomic E-state index is 0.0453. The van der Waals surface area contributed by atoms with Crippen molar-refractivity contribution in [3.63, 3.8) is 0 Å². The van der Waals surface area contributed by atoms with Crippen LogP contribution < -0.4 is 16.0 Å². The summed E-state index contributed by atoms with van der Waals surface area (Å²) >= 11 is 0. The van der Waals surface area contributed by atoms with E-state index in [-0.39, 0.29) is 36.0 Å². The SMILES string of the molecule is O=C(Nc1cc(F)ccc1F)N[C@@H](CC(=O)N1CCC(N2Cc3ccccc3NC2=O)CC1)C(=O)N1CCC(N2CCCCC2)CC1. The summed E-state index contributed by atoms with van der Waals surface area (Å²) in [6.07, 6.45) is 6.13. The number of anilines is 2. The maximum Gasteiger partial charge on any atom is 0.322 e. The summed E-state index contributed by atoms with van der Waals surface area (Å²) in [7, 11) is 0. The minimum atomic E-state index is -1.19. The molecule has 6 rings (SSSR count). The monoisotopic (exact) mass is 651 g/mol. The lowest BCUT2D eigenvalue weighted by atomic mass is 9.98. The number of para-hydroxylation sites is 1. The second-order valence-electron chi connectivity index (χ2n) is 13.0. The molecular weight excluding hydrogens is 608 g/mol. The average molecular weight is 652 g/mol. The summed E-state index contributed by atoms with van der Waals surface area (Å²) in [4.78, 5) is 60.9. The van der Waals surface area contributed by atoms with Crippen LogP contribution in [0.15, 0.2) is 42.5 Å². The highest BCUT2D eigenvalue weighted by molar-refractivity contribution is 5.96. The highest BCUT2D eigenvalue weighted by atomic mass is 19.1. The molecule has 4 heterocycles. The van der Waals surface area contributed by atoms with Crippen LogP contribution in [0.2, 0.25) is 0 Å². The zero-order valence-corrected chi connectivity index (χ0v) is 26.6. The number of halogens is 2. The molecule has 0 radical (unpaired) electrons. The first-order chi connectivity index (χ1) is 22.7. The molecule has 0 saturated carbocycles. The van der Waals surface area contributed by atoms with Crippen LogP contribution in [0, 0.1) is 11.6 Å². The van der Waals surface area contributed by atoms with Crippen molar-refractivity contribution in [2.24, 2.45) is 0 Å². The van der Waals surface area contributed by atoms with Gasteiger partial charge in [0.25, 0.3) is 0 Å². The van der Waals surface area contributed by atoms with Gasteiger partial charge < -0.3 is 35.6 Å². The fourth-order valence-corrected chi connectivity index (χ4v) is 7.31. The molecule has 2 aromatic carbocycles. The zero-order valence-electron chi connectivity index (χ0n) is 26.6. The molecule has 0 aromatic heterocycles. The Morgan fingerprint density at radius 1 is 0.851 bits per heavy atom. The number of carbonyl (C=O) groups is 4. The second-order valence-corrected chi connectivity index (χ2v) is 13.0. The van der Waals surface area contributed by atoms with E-state index in [1.54, 1.807) is 14.7 Å². The number of benzene rings is 2. The van der Waals surface area contributed by atoms with Gasteiger partial charge in [-0.3, -0.25) is 9.59 Å². The number of carbonyl (C=O) groups excluding carboxylic acids is 4. The van der Waals surface area contributed by atoms with Crippen molar-refractivity contribution in [1.82, 2.24) is 24.9 Å². The number of nitrogens with zero attached hydrogens (tertiary/aromatic N) is 4. The Labute approximate surface area is 273 Å². The molecule has 4 aliphatic heterocycles. The number of rotatable bonds is 7. The Bertz CT molecular complexity index is 1470. The van der Waals surface area contributed by atoms with Gasteiger partial charge in [0.05, 0.1) is 12.1 Å². The lowest BCUT2D eigenvalue weighted by molar-refractivity contribution is -0.140. The van der Waals surface area contributed by atoms with E-state index in [1.165, 1.54) is 19.3 Å². The third kappa shape index (κ3) is 7.83. The number of hydrogen-bond donors (Lipinski definition) is 3. The molecule has 3 fully saturated rings. The highest BCUT2D eigenvalue weighted by Crippen LogP contribution is 2.28. The van der Waals surface area contributed by atoms with Gasteiger partial charge in [0.2, 0.25) is 11.8 Å². The lowest BCUT2D eigenvalue weighted by Crippen LogP contribution is -2.56. The van der Waals surface area contributed by atoms with E-state index in [1.807, 2.05) is 24.3 Å². The predicted molar refractivity (Wildman–Crippen MR) is 173 cm³/mol. The van der Waals surface area contributed by atoms with Crippen LogP contribution in [0.1, 0.15) is 56.9 Å². The largest absolute Gasteiger partial charge is 0.342 e. The number of fused-ring (bicyclic) bond motifs is 1. The Kier molecular flexibility index (Phi) is 10.2. The number of nitrogens with one attached hydrogen (secondary N) is 3. The van der Waals surface area contributed by atoms with E-state index >= 15 is 0 Å². The van der Waals surface area contributed by atoms with Crippen LogP contribution >= 0.6 is 0 Å². The standard InChI is InChI=1S/C34H43F2N7O4/c35-24-8-9-27(36)29(20-24)37-33(46)38-30(32(45)42-18-10-25(11-19-42)40-14-4-1-5-15-40)21-31(44)41-16-12-26(13-17-41)43-22-23-6-2-3-7-28(23)39-34(43)47/h2-3,6-9,20,25-26,30H,1,4-5,10-19,21-22H2,(H,39,47)(H2,37,38,46)/t30-/m0/s1. The van der Waals surface area contributed by atoms with Crippen molar-refractivity contribution in [2.75, 3.05) is 49.9 Å². The normalized spacial score (nSPS) is 20.3. The number of urea groups is 2. The summed E-state index contributed by atoms with van der Waals surface area (Å²) in [5, 5.41) is 7.81. The average Bonchev–Trinajstić information content (AvgIpc) is 3.09. The van der Waals surface area contributed by atoms with Gasteiger partial charge in [-0.05, 0) is 75.4 Å². The number of amides is 6. The van der Waals surface area contributed by atoms with Crippen LogP contribution in [0.3, 0.4) is 0 Å². The summed E-state index contributed by atoms with van der Waals surface area (Å²) in [6, 6.07) is 8.49. The highest BCUT2D eigenvalue weighted by Gasteiger charge is 2.36. The first kappa shape index (κ1) is 32.7. The quantitative estimate of drug-likeness (QED) is 0.412. The molecule has 6 amide bonds. The molecule has 3 N–H and O–H groups in total. The Morgan fingerprint density at radius 2 is 1.53 bits per heavy atom. The molecule has 13 heteroatoms. The number of piperidine rings is 3. The third-order valence-corrected chi connectivity index (χ3v) is 9.96. The van der Waals surface area contributed by atoms with Gasteiger partial charge in [0, 0.05) is 56.6 Å². The van der Waals surface area contributed by atoms with Crippen LogP contribution in [0.25, 0.3) is 0 Å². The van der Waals surface area contributed by atoms with Crippen LogP contribution in [0.4, 0.5) is 29.7 Å². The Morgan fingerprint density at radius 3 is 2.28 bits per heavy atom. The molecule has 0 spiro atoms. The summed E-state index contributed by atoms with van der Waals surface area (Å²) in [6.45, 7) is 4.46.